The van der Waals surface area contributed by atoms with Crippen molar-refractivity contribution in [3.05, 3.63) is 64.6 Å². The molecule has 0 spiro atoms. The smallest absolute Gasteiger partial charge is 0.322 e. The van der Waals surface area contributed by atoms with Gasteiger partial charge in [-0.15, -0.1) is 0 Å². The SMILES string of the molecule is CCN1C(=O)NC(c2ccc(OC)c(OC)c2)C(c2nc(-c3cccc(Cl)c3)no2)=C1C. The Morgan fingerprint density at radius 3 is 2.62 bits per heavy atom. The quantitative estimate of drug-likeness (QED) is 0.568. The minimum atomic E-state index is -0.516. The number of carbonyl (C=O) groups excluding carboxylic acids is 1. The van der Waals surface area contributed by atoms with Crippen LogP contribution in [-0.2, 0) is 0 Å². The maximum atomic E-state index is 12.8. The summed E-state index contributed by atoms with van der Waals surface area (Å²) < 4.78 is 16.4. The predicted molar refractivity (Wildman–Crippen MR) is 121 cm³/mol. The van der Waals surface area contributed by atoms with Gasteiger partial charge in [0, 0.05) is 22.8 Å². The lowest BCUT2D eigenvalue weighted by molar-refractivity contribution is 0.207. The Bertz CT molecular complexity index is 1190. The van der Waals surface area contributed by atoms with Gasteiger partial charge in [-0.1, -0.05) is 35.0 Å². The second-order valence-electron chi connectivity index (χ2n) is 7.17. The molecule has 1 aromatic heterocycles. The number of benzene rings is 2. The summed E-state index contributed by atoms with van der Waals surface area (Å²) >= 11 is 6.11. The van der Waals surface area contributed by atoms with Gasteiger partial charge in [0.1, 0.15) is 0 Å². The molecule has 0 saturated heterocycles. The molecular weight excluding hydrogens is 432 g/mol. The Balaban J connectivity index is 1.83. The van der Waals surface area contributed by atoms with Crippen LogP contribution in [0.3, 0.4) is 0 Å². The summed E-state index contributed by atoms with van der Waals surface area (Å²) in [5, 5.41) is 7.76. The summed E-state index contributed by atoms with van der Waals surface area (Å²) in [6, 6.07) is 12.0. The molecular formula is C23H23ClN4O4. The van der Waals surface area contributed by atoms with Gasteiger partial charge in [-0.2, -0.15) is 4.98 Å². The highest BCUT2D eigenvalue weighted by atomic mass is 35.5. The molecule has 0 bridgehead atoms. The number of aromatic nitrogens is 2. The highest BCUT2D eigenvalue weighted by molar-refractivity contribution is 6.30. The first-order chi connectivity index (χ1) is 15.5. The van der Waals surface area contributed by atoms with E-state index >= 15 is 0 Å². The Morgan fingerprint density at radius 1 is 1.16 bits per heavy atom. The summed E-state index contributed by atoms with van der Waals surface area (Å²) in [6.45, 7) is 4.27. The fourth-order valence-corrected chi connectivity index (χ4v) is 3.99. The predicted octanol–water partition coefficient (Wildman–Crippen LogP) is 4.92. The third-order valence-corrected chi connectivity index (χ3v) is 5.63. The second kappa shape index (κ2) is 8.92. The van der Waals surface area contributed by atoms with Gasteiger partial charge in [0.25, 0.3) is 5.89 Å². The van der Waals surface area contributed by atoms with Gasteiger partial charge in [0.15, 0.2) is 11.5 Å². The highest BCUT2D eigenvalue weighted by Gasteiger charge is 2.35. The average molecular weight is 455 g/mol. The van der Waals surface area contributed by atoms with Crippen molar-refractivity contribution in [1.82, 2.24) is 20.4 Å². The molecule has 4 rings (SSSR count). The maximum Gasteiger partial charge on any atom is 0.322 e. The van der Waals surface area contributed by atoms with Crippen LogP contribution in [0.25, 0.3) is 17.0 Å². The molecule has 3 aromatic rings. The first-order valence-corrected chi connectivity index (χ1v) is 10.4. The average Bonchev–Trinajstić information content (AvgIpc) is 3.28. The number of hydrogen-bond acceptors (Lipinski definition) is 6. The Kier molecular flexibility index (Phi) is 6.05. The van der Waals surface area contributed by atoms with Crippen LogP contribution in [-0.4, -0.2) is 41.8 Å². The summed E-state index contributed by atoms with van der Waals surface area (Å²) in [7, 11) is 3.14. The van der Waals surface area contributed by atoms with Crippen molar-refractivity contribution in [2.24, 2.45) is 0 Å². The molecule has 166 valence electrons. The molecule has 0 fully saturated rings. The van der Waals surface area contributed by atoms with E-state index in [0.29, 0.717) is 40.4 Å². The molecule has 0 saturated carbocycles. The second-order valence-corrected chi connectivity index (χ2v) is 7.61. The molecule has 0 aliphatic carbocycles. The van der Waals surface area contributed by atoms with E-state index in [1.165, 1.54) is 0 Å². The van der Waals surface area contributed by atoms with Gasteiger partial charge < -0.3 is 19.3 Å². The Labute approximate surface area is 190 Å². The molecule has 9 heteroatoms. The van der Waals surface area contributed by atoms with Crippen LogP contribution < -0.4 is 14.8 Å². The number of nitrogens with zero attached hydrogens (tertiary/aromatic N) is 3. The molecule has 2 aromatic carbocycles. The van der Waals surface area contributed by atoms with E-state index in [1.54, 1.807) is 37.3 Å². The van der Waals surface area contributed by atoms with Gasteiger partial charge in [-0.25, -0.2) is 4.79 Å². The number of halogens is 1. The van der Waals surface area contributed by atoms with E-state index in [1.807, 2.05) is 38.1 Å². The molecule has 1 aliphatic rings. The van der Waals surface area contributed by atoms with Crippen LogP contribution in [0.1, 0.15) is 31.3 Å². The van der Waals surface area contributed by atoms with Crippen LogP contribution in [0.5, 0.6) is 11.5 Å². The number of ether oxygens (including phenoxy) is 2. The largest absolute Gasteiger partial charge is 0.493 e. The molecule has 2 heterocycles. The molecule has 32 heavy (non-hydrogen) atoms. The van der Waals surface area contributed by atoms with Crippen LogP contribution >= 0.6 is 11.6 Å². The molecule has 0 radical (unpaired) electrons. The molecule has 1 atom stereocenters. The fraction of sp³-hybridized carbons (Fsp3) is 0.261. The monoisotopic (exact) mass is 454 g/mol. The van der Waals surface area contributed by atoms with E-state index < -0.39 is 6.04 Å². The number of allylic oxidation sites excluding steroid dienone is 1. The van der Waals surface area contributed by atoms with Crippen LogP contribution in [0.4, 0.5) is 4.79 Å². The number of nitrogens with one attached hydrogen (secondary N) is 1. The first-order valence-electron chi connectivity index (χ1n) is 10.1. The van der Waals surface area contributed by atoms with E-state index in [0.717, 1.165) is 16.8 Å². The topological polar surface area (TPSA) is 89.7 Å². The van der Waals surface area contributed by atoms with Crippen molar-refractivity contribution in [1.29, 1.82) is 0 Å². The lowest BCUT2D eigenvalue weighted by Crippen LogP contribution is -2.45. The van der Waals surface area contributed by atoms with Crippen LogP contribution in [0.15, 0.2) is 52.7 Å². The number of amides is 2. The minimum Gasteiger partial charge on any atom is -0.493 e. The fourth-order valence-electron chi connectivity index (χ4n) is 3.80. The number of urea groups is 1. The van der Waals surface area contributed by atoms with Gasteiger partial charge in [0.05, 0.1) is 25.8 Å². The lowest BCUT2D eigenvalue weighted by atomic mass is 9.94. The third-order valence-electron chi connectivity index (χ3n) is 5.39. The lowest BCUT2D eigenvalue weighted by Gasteiger charge is -2.34. The molecule has 1 aliphatic heterocycles. The normalized spacial score (nSPS) is 16.2. The van der Waals surface area contributed by atoms with Gasteiger partial charge >= 0.3 is 6.03 Å². The van der Waals surface area contributed by atoms with Crippen molar-refractivity contribution in [3.8, 4) is 22.9 Å². The van der Waals surface area contributed by atoms with Gasteiger partial charge in [0.2, 0.25) is 5.82 Å². The summed E-state index contributed by atoms with van der Waals surface area (Å²) in [6.07, 6.45) is 0. The highest BCUT2D eigenvalue weighted by Crippen LogP contribution is 2.40. The van der Waals surface area contributed by atoms with E-state index in [2.05, 4.69) is 15.5 Å². The van der Waals surface area contributed by atoms with Crippen molar-refractivity contribution in [3.63, 3.8) is 0 Å². The third kappa shape index (κ3) is 3.89. The van der Waals surface area contributed by atoms with Crippen molar-refractivity contribution in [2.45, 2.75) is 19.9 Å². The number of hydrogen-bond donors (Lipinski definition) is 1. The van der Waals surface area contributed by atoms with Gasteiger partial charge in [-0.05, 0) is 43.7 Å². The number of methoxy groups -OCH3 is 2. The summed E-state index contributed by atoms with van der Waals surface area (Å²) in [5.74, 6) is 1.88. The zero-order valence-corrected chi connectivity index (χ0v) is 18.9. The van der Waals surface area contributed by atoms with E-state index in [4.69, 9.17) is 25.6 Å². The minimum absolute atomic E-state index is 0.205. The van der Waals surface area contributed by atoms with Crippen LogP contribution in [0.2, 0.25) is 5.02 Å². The standard InChI is InChI=1S/C23H23ClN4O4/c1-5-28-13(2)19(22-26-21(27-32-22)15-7-6-8-16(24)11-15)20(25-23(28)29)14-9-10-17(30-3)18(12-14)31-4/h6-12,20H,5H2,1-4H3,(H,25,29). The van der Waals surface area contributed by atoms with Gasteiger partial charge in [-0.3, -0.25) is 4.90 Å². The number of rotatable bonds is 6. The zero-order chi connectivity index (χ0) is 22.8. The first kappa shape index (κ1) is 21.7. The molecule has 1 N–H and O–H groups in total. The number of carbonyl (C=O) groups is 1. The van der Waals surface area contributed by atoms with Crippen LogP contribution in [0, 0.1) is 0 Å². The maximum absolute atomic E-state index is 12.8. The van der Waals surface area contributed by atoms with Crippen molar-refractivity contribution >= 4 is 23.2 Å². The molecule has 2 amide bonds. The van der Waals surface area contributed by atoms with Crippen molar-refractivity contribution < 1.29 is 18.8 Å². The Hall–Kier alpha value is -3.52. The zero-order valence-electron chi connectivity index (χ0n) is 18.2. The molecule has 1 unspecified atom stereocenters. The Morgan fingerprint density at radius 2 is 1.94 bits per heavy atom. The van der Waals surface area contributed by atoms with E-state index in [-0.39, 0.29) is 6.03 Å². The van der Waals surface area contributed by atoms with E-state index in [9.17, 15) is 4.79 Å². The van der Waals surface area contributed by atoms with Crippen molar-refractivity contribution in [2.75, 3.05) is 20.8 Å². The molecule has 8 nitrogen and oxygen atoms in total. The summed E-state index contributed by atoms with van der Waals surface area (Å²) in [5.41, 5.74) is 2.97. The summed E-state index contributed by atoms with van der Waals surface area (Å²) in [4.78, 5) is 19.0.